The first-order chi connectivity index (χ1) is 14.6. The summed E-state index contributed by atoms with van der Waals surface area (Å²) in [5.74, 6) is 0.532. The number of hydrogen-bond donors (Lipinski definition) is 2. The second-order valence-electron chi connectivity index (χ2n) is 7.12. The second kappa shape index (κ2) is 8.69. The Labute approximate surface area is 175 Å². The molecule has 0 spiro atoms. The van der Waals surface area contributed by atoms with Crippen LogP contribution in [0.2, 0.25) is 0 Å². The molecule has 0 fully saturated rings. The van der Waals surface area contributed by atoms with E-state index in [4.69, 9.17) is 4.98 Å². The van der Waals surface area contributed by atoms with Gasteiger partial charge in [-0.3, -0.25) is 4.79 Å². The molecule has 2 heterocycles. The van der Waals surface area contributed by atoms with Crippen molar-refractivity contribution in [3.05, 3.63) is 83.7 Å². The summed E-state index contributed by atoms with van der Waals surface area (Å²) in [6.45, 7) is 2.71. The molecule has 4 rings (SSSR count). The number of para-hydroxylation sites is 1. The van der Waals surface area contributed by atoms with E-state index in [9.17, 15) is 4.79 Å². The maximum atomic E-state index is 11.9. The maximum absolute atomic E-state index is 11.9. The highest BCUT2D eigenvalue weighted by atomic mass is 16.1. The molecule has 0 atom stereocenters. The van der Waals surface area contributed by atoms with Crippen LogP contribution in [0, 0.1) is 6.92 Å². The van der Waals surface area contributed by atoms with Gasteiger partial charge in [0.05, 0.1) is 17.6 Å². The minimum Gasteiger partial charge on any atom is -0.359 e. The molecule has 6 heteroatoms. The Hall–Kier alpha value is -3.80. The molecule has 150 valence electrons. The van der Waals surface area contributed by atoms with Gasteiger partial charge < -0.3 is 10.6 Å². The number of benzene rings is 2. The summed E-state index contributed by atoms with van der Waals surface area (Å²) in [6.07, 6.45) is 3.84. The van der Waals surface area contributed by atoms with E-state index in [1.54, 1.807) is 19.4 Å². The molecule has 6 nitrogen and oxygen atoms in total. The van der Waals surface area contributed by atoms with Crippen LogP contribution in [0.25, 0.3) is 22.2 Å². The Morgan fingerprint density at radius 3 is 2.50 bits per heavy atom. The molecule has 0 radical (unpaired) electrons. The van der Waals surface area contributed by atoms with Crippen molar-refractivity contribution in [3.63, 3.8) is 0 Å². The molecule has 2 N–H and O–H groups in total. The van der Waals surface area contributed by atoms with E-state index in [-0.39, 0.29) is 5.91 Å². The van der Waals surface area contributed by atoms with Crippen LogP contribution in [0.3, 0.4) is 0 Å². The van der Waals surface area contributed by atoms with E-state index in [1.807, 2.05) is 49.4 Å². The van der Waals surface area contributed by atoms with Crippen LogP contribution in [0.15, 0.2) is 67.0 Å². The molecule has 0 saturated carbocycles. The van der Waals surface area contributed by atoms with Gasteiger partial charge in [-0.1, -0.05) is 48.5 Å². The lowest BCUT2D eigenvalue weighted by atomic mass is 10.0. The summed E-state index contributed by atoms with van der Waals surface area (Å²) in [7, 11) is 1.64. The number of amides is 1. The summed E-state index contributed by atoms with van der Waals surface area (Å²) < 4.78 is 0. The molecule has 1 amide bonds. The summed E-state index contributed by atoms with van der Waals surface area (Å²) in [6, 6.07) is 18.1. The van der Waals surface area contributed by atoms with E-state index >= 15 is 0 Å². The average Bonchev–Trinajstić information content (AvgIpc) is 2.79. The topological polar surface area (TPSA) is 79.8 Å². The lowest BCUT2D eigenvalue weighted by Crippen LogP contribution is -2.20. The number of hydrogen-bond acceptors (Lipinski definition) is 5. The van der Waals surface area contributed by atoms with Crippen molar-refractivity contribution >= 4 is 22.8 Å². The average molecular weight is 397 g/mol. The molecule has 0 bridgehead atoms. The standard InChI is InChI=1S/C24H23N5O/c1-16-11-21(29-23-18(12-22(30)25-2)9-6-10-20(16)23)19-14-27-24(28-15-19)26-13-17-7-4-3-5-8-17/h3-11,14-15H,12-13H2,1-2H3,(H,25,30)(H,26,27,28). The highest BCUT2D eigenvalue weighted by molar-refractivity contribution is 5.91. The Morgan fingerprint density at radius 1 is 1.00 bits per heavy atom. The van der Waals surface area contributed by atoms with Gasteiger partial charge in [0.2, 0.25) is 11.9 Å². The third-order valence-corrected chi connectivity index (χ3v) is 5.00. The van der Waals surface area contributed by atoms with Crippen LogP contribution in [-0.4, -0.2) is 27.9 Å². The van der Waals surface area contributed by atoms with Gasteiger partial charge in [0, 0.05) is 36.9 Å². The van der Waals surface area contributed by atoms with Crippen LogP contribution in [0.1, 0.15) is 16.7 Å². The van der Waals surface area contributed by atoms with Crippen LogP contribution in [0.4, 0.5) is 5.95 Å². The van der Waals surface area contributed by atoms with Crippen molar-refractivity contribution in [1.82, 2.24) is 20.3 Å². The van der Waals surface area contributed by atoms with E-state index in [2.05, 4.69) is 32.7 Å². The van der Waals surface area contributed by atoms with Crippen LogP contribution in [0.5, 0.6) is 0 Å². The van der Waals surface area contributed by atoms with Gasteiger partial charge in [0.25, 0.3) is 0 Å². The SMILES string of the molecule is CNC(=O)Cc1cccc2c(C)cc(-c3cnc(NCc4ccccc4)nc3)nc12. The lowest BCUT2D eigenvalue weighted by Gasteiger charge is -2.11. The second-order valence-corrected chi connectivity index (χ2v) is 7.12. The Kier molecular flexibility index (Phi) is 5.66. The Balaban J connectivity index is 1.60. The number of carbonyl (C=O) groups is 1. The number of aryl methyl sites for hydroxylation is 1. The summed E-state index contributed by atoms with van der Waals surface area (Å²) in [5.41, 5.74) is 5.63. The number of carbonyl (C=O) groups excluding carboxylic acids is 1. The van der Waals surface area contributed by atoms with E-state index in [1.165, 1.54) is 5.56 Å². The third kappa shape index (κ3) is 4.27. The molecular weight excluding hydrogens is 374 g/mol. The minimum atomic E-state index is -0.0375. The van der Waals surface area contributed by atoms with Gasteiger partial charge in [-0.05, 0) is 29.7 Å². The highest BCUT2D eigenvalue weighted by Gasteiger charge is 2.11. The van der Waals surface area contributed by atoms with E-state index in [0.29, 0.717) is 18.9 Å². The number of fused-ring (bicyclic) bond motifs is 1. The predicted octanol–water partition coefficient (Wildman–Crippen LogP) is 3.90. The third-order valence-electron chi connectivity index (χ3n) is 5.00. The molecule has 2 aromatic carbocycles. The van der Waals surface area contributed by atoms with Gasteiger partial charge >= 0.3 is 0 Å². The van der Waals surface area contributed by atoms with Gasteiger partial charge in [0.15, 0.2) is 0 Å². The first-order valence-corrected chi connectivity index (χ1v) is 9.84. The highest BCUT2D eigenvalue weighted by Crippen LogP contribution is 2.26. The molecule has 0 unspecified atom stereocenters. The zero-order chi connectivity index (χ0) is 20.9. The first kappa shape index (κ1) is 19.5. The summed E-state index contributed by atoms with van der Waals surface area (Å²) >= 11 is 0. The zero-order valence-electron chi connectivity index (χ0n) is 17.0. The van der Waals surface area contributed by atoms with Crippen molar-refractivity contribution in [2.45, 2.75) is 19.9 Å². The largest absolute Gasteiger partial charge is 0.359 e. The number of likely N-dealkylation sites (N-methyl/N-ethyl adjacent to an activating group) is 1. The lowest BCUT2D eigenvalue weighted by molar-refractivity contribution is -0.119. The molecule has 30 heavy (non-hydrogen) atoms. The van der Waals surface area contributed by atoms with Gasteiger partial charge in [-0.25, -0.2) is 15.0 Å². The molecule has 0 aliphatic rings. The fraction of sp³-hybridized carbons (Fsp3) is 0.167. The van der Waals surface area contributed by atoms with Gasteiger partial charge in [-0.15, -0.1) is 0 Å². The molecule has 0 aliphatic carbocycles. The van der Waals surface area contributed by atoms with Gasteiger partial charge in [0.1, 0.15) is 0 Å². The van der Waals surface area contributed by atoms with Crippen molar-refractivity contribution in [2.24, 2.45) is 0 Å². The normalized spacial score (nSPS) is 10.7. The number of anilines is 1. The fourth-order valence-electron chi connectivity index (χ4n) is 3.36. The first-order valence-electron chi connectivity index (χ1n) is 9.84. The molecule has 0 aliphatic heterocycles. The maximum Gasteiger partial charge on any atom is 0.224 e. The quantitative estimate of drug-likeness (QED) is 0.516. The van der Waals surface area contributed by atoms with Crippen molar-refractivity contribution in [2.75, 3.05) is 12.4 Å². The number of nitrogens with zero attached hydrogens (tertiary/aromatic N) is 3. The zero-order valence-corrected chi connectivity index (χ0v) is 17.0. The van der Waals surface area contributed by atoms with Crippen LogP contribution in [-0.2, 0) is 17.8 Å². The van der Waals surface area contributed by atoms with E-state index < -0.39 is 0 Å². The van der Waals surface area contributed by atoms with Gasteiger partial charge in [-0.2, -0.15) is 0 Å². The van der Waals surface area contributed by atoms with Crippen molar-refractivity contribution in [3.8, 4) is 11.3 Å². The summed E-state index contributed by atoms with van der Waals surface area (Å²) in [4.78, 5) is 25.6. The number of rotatable bonds is 6. The molecule has 4 aromatic rings. The molecular formula is C24H23N5O. The van der Waals surface area contributed by atoms with Crippen molar-refractivity contribution < 1.29 is 4.79 Å². The van der Waals surface area contributed by atoms with Crippen LogP contribution < -0.4 is 10.6 Å². The smallest absolute Gasteiger partial charge is 0.224 e. The summed E-state index contributed by atoms with van der Waals surface area (Å²) in [5, 5.41) is 6.95. The van der Waals surface area contributed by atoms with Crippen molar-refractivity contribution in [1.29, 1.82) is 0 Å². The van der Waals surface area contributed by atoms with Crippen LogP contribution >= 0.6 is 0 Å². The number of aromatic nitrogens is 3. The number of pyridine rings is 1. The monoisotopic (exact) mass is 397 g/mol. The van der Waals surface area contributed by atoms with E-state index in [0.717, 1.165) is 33.3 Å². The predicted molar refractivity (Wildman–Crippen MR) is 119 cm³/mol. The fourth-order valence-corrected chi connectivity index (χ4v) is 3.36. The molecule has 0 saturated heterocycles. The minimum absolute atomic E-state index is 0.0375. The Morgan fingerprint density at radius 2 is 1.77 bits per heavy atom. The molecule has 2 aromatic heterocycles. The number of nitrogens with one attached hydrogen (secondary N) is 2. The Bertz CT molecular complexity index is 1170.